The van der Waals surface area contributed by atoms with Crippen molar-refractivity contribution in [1.29, 1.82) is 5.26 Å². The number of hydrogen-bond acceptors (Lipinski definition) is 3. The zero-order valence-corrected chi connectivity index (χ0v) is 11.7. The van der Waals surface area contributed by atoms with Gasteiger partial charge in [0.25, 0.3) is 0 Å². The van der Waals surface area contributed by atoms with E-state index in [9.17, 15) is 14.9 Å². The van der Waals surface area contributed by atoms with Crippen LogP contribution >= 0.6 is 11.6 Å². The third-order valence-corrected chi connectivity index (χ3v) is 4.11. The van der Waals surface area contributed by atoms with Crippen LogP contribution in [0.4, 0.5) is 0 Å². The second-order valence-corrected chi connectivity index (χ2v) is 5.51. The molecule has 1 saturated heterocycles. The topological polar surface area (TPSA) is 61.2 Å². The average Bonchev–Trinajstić information content (AvgIpc) is 2.49. The highest BCUT2D eigenvalue weighted by atomic mass is 35.5. The highest BCUT2D eigenvalue weighted by molar-refractivity contribution is 6.30. The Morgan fingerprint density at radius 2 is 1.81 bits per heavy atom. The van der Waals surface area contributed by atoms with Crippen molar-refractivity contribution in [2.45, 2.75) is 12.1 Å². The Hall–Kier alpha value is -2.38. The van der Waals surface area contributed by atoms with Gasteiger partial charge in [-0.05, 0) is 42.0 Å². The van der Waals surface area contributed by atoms with Gasteiger partial charge in [0.2, 0.25) is 5.91 Å². The fraction of sp³-hybridized carbons (Fsp3) is 0.188. The number of carbonyl (C=O) groups excluding carboxylic acids is 2. The monoisotopic (exact) mass is 298 g/mol. The molecule has 1 heterocycles. The molecule has 104 valence electrons. The molecule has 1 aliphatic carbocycles. The van der Waals surface area contributed by atoms with Crippen molar-refractivity contribution in [3.8, 4) is 6.07 Å². The minimum absolute atomic E-state index is 0.136. The second kappa shape index (κ2) is 4.87. The Morgan fingerprint density at radius 3 is 2.38 bits per heavy atom. The van der Waals surface area contributed by atoms with Gasteiger partial charge in [0.15, 0.2) is 11.7 Å². The van der Waals surface area contributed by atoms with Crippen LogP contribution in [0.1, 0.15) is 5.56 Å². The minimum atomic E-state index is -0.806. The first-order valence-electron chi connectivity index (χ1n) is 6.45. The highest BCUT2D eigenvalue weighted by Crippen LogP contribution is 2.42. The van der Waals surface area contributed by atoms with Crippen LogP contribution in [0.25, 0.3) is 0 Å². The molecule has 1 aliphatic heterocycles. The molecule has 0 radical (unpaired) electrons. The third kappa shape index (κ3) is 2.07. The SMILES string of the molecule is N#CC1C(=O)N(Cc2ccc(Cl)cc2)C12C=CC(=O)C=C2. The molecule has 1 unspecified atom stereocenters. The molecule has 0 N–H and O–H groups in total. The summed E-state index contributed by atoms with van der Waals surface area (Å²) >= 11 is 5.85. The van der Waals surface area contributed by atoms with Crippen LogP contribution in [0.15, 0.2) is 48.6 Å². The summed E-state index contributed by atoms with van der Waals surface area (Å²) < 4.78 is 0. The third-order valence-electron chi connectivity index (χ3n) is 3.86. The van der Waals surface area contributed by atoms with E-state index in [1.54, 1.807) is 29.2 Å². The number of halogens is 1. The number of allylic oxidation sites excluding steroid dienone is 2. The van der Waals surface area contributed by atoms with Gasteiger partial charge in [-0.2, -0.15) is 5.26 Å². The first-order valence-corrected chi connectivity index (χ1v) is 6.82. The Kier molecular flexibility index (Phi) is 3.15. The van der Waals surface area contributed by atoms with Gasteiger partial charge < -0.3 is 4.90 Å². The number of hydrogen-bond donors (Lipinski definition) is 0. The predicted molar refractivity (Wildman–Crippen MR) is 77.1 cm³/mol. The van der Waals surface area contributed by atoms with Gasteiger partial charge in [-0.15, -0.1) is 0 Å². The van der Waals surface area contributed by atoms with E-state index in [-0.39, 0.29) is 11.7 Å². The smallest absolute Gasteiger partial charge is 0.244 e. The number of carbonyl (C=O) groups is 2. The van der Waals surface area contributed by atoms with Crippen LogP contribution in [-0.4, -0.2) is 22.1 Å². The number of benzene rings is 1. The van der Waals surface area contributed by atoms with E-state index in [1.165, 1.54) is 12.2 Å². The highest BCUT2D eigenvalue weighted by Gasteiger charge is 2.58. The van der Waals surface area contributed by atoms with Crippen LogP contribution in [0.3, 0.4) is 0 Å². The maximum absolute atomic E-state index is 12.1. The lowest BCUT2D eigenvalue weighted by Crippen LogP contribution is -2.68. The molecule has 1 aromatic carbocycles. The van der Waals surface area contributed by atoms with Crippen LogP contribution < -0.4 is 0 Å². The summed E-state index contributed by atoms with van der Waals surface area (Å²) in [5.41, 5.74) is 0.113. The Labute approximate surface area is 126 Å². The van der Waals surface area contributed by atoms with Gasteiger partial charge >= 0.3 is 0 Å². The molecule has 4 nitrogen and oxygen atoms in total. The Morgan fingerprint density at radius 1 is 1.19 bits per heavy atom. The molecule has 1 aromatic rings. The van der Waals surface area contributed by atoms with Gasteiger partial charge in [-0.1, -0.05) is 23.7 Å². The first-order chi connectivity index (χ1) is 10.1. The molecule has 1 spiro atoms. The molecule has 0 saturated carbocycles. The lowest BCUT2D eigenvalue weighted by Gasteiger charge is -2.52. The molecule has 2 aliphatic rings. The van der Waals surface area contributed by atoms with Crippen molar-refractivity contribution in [2.24, 2.45) is 5.92 Å². The molecule has 1 atom stereocenters. The predicted octanol–water partition coefficient (Wildman–Crippen LogP) is 2.26. The maximum atomic E-state index is 12.1. The summed E-state index contributed by atoms with van der Waals surface area (Å²) in [6.45, 7) is 0.372. The van der Waals surface area contributed by atoms with Gasteiger partial charge in [-0.25, -0.2) is 0 Å². The van der Waals surface area contributed by atoms with Crippen molar-refractivity contribution < 1.29 is 9.59 Å². The van der Waals surface area contributed by atoms with Crippen molar-refractivity contribution in [2.75, 3.05) is 0 Å². The van der Waals surface area contributed by atoms with E-state index < -0.39 is 11.5 Å². The molecule has 0 aromatic heterocycles. The van der Waals surface area contributed by atoms with E-state index in [1.807, 2.05) is 18.2 Å². The largest absolute Gasteiger partial charge is 0.323 e. The summed E-state index contributed by atoms with van der Waals surface area (Å²) in [5.74, 6) is -1.13. The normalized spacial score (nSPS) is 22.3. The number of likely N-dealkylation sites (tertiary alicyclic amines) is 1. The van der Waals surface area contributed by atoms with Crippen molar-refractivity contribution >= 4 is 23.3 Å². The number of β-lactam (4-membered cyclic amide) rings is 1. The van der Waals surface area contributed by atoms with Crippen molar-refractivity contribution in [1.82, 2.24) is 4.90 Å². The van der Waals surface area contributed by atoms with Gasteiger partial charge in [0.1, 0.15) is 5.54 Å². The molecule has 0 bridgehead atoms. The van der Waals surface area contributed by atoms with Crippen molar-refractivity contribution in [3.05, 3.63) is 59.2 Å². The Balaban J connectivity index is 1.91. The fourth-order valence-electron chi connectivity index (χ4n) is 2.69. The Bertz CT molecular complexity index is 697. The lowest BCUT2D eigenvalue weighted by molar-refractivity contribution is -0.156. The number of rotatable bonds is 2. The number of ketones is 1. The number of amides is 1. The summed E-state index contributed by atoms with van der Waals surface area (Å²) in [6, 6.07) is 9.21. The number of nitriles is 1. The maximum Gasteiger partial charge on any atom is 0.244 e. The first kappa shape index (κ1) is 13.6. The number of nitrogens with zero attached hydrogens (tertiary/aromatic N) is 2. The van der Waals surface area contributed by atoms with Gasteiger partial charge in [0, 0.05) is 11.6 Å². The summed E-state index contributed by atoms with van der Waals surface area (Å²) in [4.78, 5) is 25.0. The van der Waals surface area contributed by atoms with E-state index in [0.29, 0.717) is 11.6 Å². The average molecular weight is 299 g/mol. The molecule has 5 heteroatoms. The van der Waals surface area contributed by atoms with Crippen molar-refractivity contribution in [3.63, 3.8) is 0 Å². The fourth-order valence-corrected chi connectivity index (χ4v) is 2.82. The second-order valence-electron chi connectivity index (χ2n) is 5.07. The molecular formula is C16H11ClN2O2. The molecule has 1 amide bonds. The minimum Gasteiger partial charge on any atom is -0.323 e. The summed E-state index contributed by atoms with van der Waals surface area (Å²) in [7, 11) is 0. The summed E-state index contributed by atoms with van der Waals surface area (Å²) in [6.07, 6.45) is 6.10. The van der Waals surface area contributed by atoms with Gasteiger partial charge in [-0.3, -0.25) is 9.59 Å². The molecule has 21 heavy (non-hydrogen) atoms. The molecule has 3 rings (SSSR count). The summed E-state index contributed by atoms with van der Waals surface area (Å²) in [5, 5.41) is 9.82. The van der Waals surface area contributed by atoms with E-state index >= 15 is 0 Å². The van der Waals surface area contributed by atoms with Crippen LogP contribution in [-0.2, 0) is 16.1 Å². The van der Waals surface area contributed by atoms with Crippen LogP contribution in [0, 0.1) is 17.2 Å². The van der Waals surface area contributed by atoms with E-state index in [2.05, 4.69) is 0 Å². The molecule has 1 fully saturated rings. The zero-order valence-electron chi connectivity index (χ0n) is 11.0. The van der Waals surface area contributed by atoms with E-state index in [4.69, 9.17) is 11.6 Å². The lowest BCUT2D eigenvalue weighted by atomic mass is 9.71. The standard InChI is InChI=1S/C16H11ClN2O2/c17-12-3-1-11(2-4-12)10-19-15(21)14(9-18)16(19)7-5-13(20)6-8-16/h1-8,14H,10H2. The zero-order chi connectivity index (χ0) is 15.0. The molecular weight excluding hydrogens is 288 g/mol. The van der Waals surface area contributed by atoms with Gasteiger partial charge in [0.05, 0.1) is 6.07 Å². The van der Waals surface area contributed by atoms with Crippen LogP contribution in [0.2, 0.25) is 5.02 Å². The van der Waals surface area contributed by atoms with Crippen LogP contribution in [0.5, 0.6) is 0 Å². The quantitative estimate of drug-likeness (QED) is 0.787. The van der Waals surface area contributed by atoms with E-state index in [0.717, 1.165) is 5.56 Å².